The number of aromatic nitrogens is 4. The van der Waals surface area contributed by atoms with E-state index in [9.17, 15) is 4.79 Å². The number of halogens is 2. The summed E-state index contributed by atoms with van der Waals surface area (Å²) in [5.41, 5.74) is 0.571. The number of amides is 1. The molecule has 2 aliphatic rings. The molecule has 2 aliphatic heterocycles. The minimum absolute atomic E-state index is 0. The van der Waals surface area contributed by atoms with Crippen LogP contribution in [-0.2, 0) is 18.5 Å². The average molecular weight is 447 g/mol. The molecule has 1 N–H and O–H groups in total. The van der Waals surface area contributed by atoms with Crippen molar-refractivity contribution in [1.82, 2.24) is 30.0 Å². The molecule has 0 radical (unpaired) electrons. The summed E-state index contributed by atoms with van der Waals surface area (Å²) in [4.78, 5) is 19.3. The topological polar surface area (TPSA) is 75.9 Å². The van der Waals surface area contributed by atoms with Crippen LogP contribution in [0.2, 0.25) is 0 Å². The van der Waals surface area contributed by atoms with Crippen molar-refractivity contribution in [1.29, 1.82) is 0 Å². The van der Waals surface area contributed by atoms with E-state index in [-0.39, 0.29) is 36.1 Å². The van der Waals surface area contributed by atoms with Gasteiger partial charge in [0.1, 0.15) is 17.3 Å². The fraction of sp³-hybridized carbons (Fsp3) is 0.667. The van der Waals surface area contributed by atoms with Crippen LogP contribution in [-0.4, -0.2) is 50.2 Å². The Kier molecular flexibility index (Phi) is 7.47. The van der Waals surface area contributed by atoms with Crippen LogP contribution in [0.4, 0.5) is 0 Å². The van der Waals surface area contributed by atoms with Crippen molar-refractivity contribution >= 4 is 42.1 Å². The minimum Gasteiger partial charge on any atom is -0.337 e. The van der Waals surface area contributed by atoms with Gasteiger partial charge in [-0.3, -0.25) is 4.79 Å². The van der Waals surface area contributed by atoms with Crippen molar-refractivity contribution in [2.45, 2.75) is 58.0 Å². The maximum Gasteiger partial charge on any atom is 0.273 e. The third-order valence-electron chi connectivity index (χ3n) is 5.16. The number of hydrogen-bond donors (Lipinski definition) is 1. The molecule has 1 amide bonds. The molecule has 0 atom stereocenters. The lowest BCUT2D eigenvalue weighted by molar-refractivity contribution is 0.0704. The molecule has 0 aromatic carbocycles. The lowest BCUT2D eigenvalue weighted by atomic mass is 9.95. The highest BCUT2D eigenvalue weighted by Crippen LogP contribution is 2.30. The van der Waals surface area contributed by atoms with Crippen molar-refractivity contribution in [3.63, 3.8) is 0 Å². The zero-order chi connectivity index (χ0) is 18.3. The van der Waals surface area contributed by atoms with Crippen LogP contribution in [0.1, 0.15) is 66.7 Å². The van der Waals surface area contributed by atoms with E-state index in [1.54, 1.807) is 11.3 Å². The fourth-order valence-corrected chi connectivity index (χ4v) is 4.52. The van der Waals surface area contributed by atoms with E-state index in [4.69, 9.17) is 0 Å². The van der Waals surface area contributed by atoms with Crippen LogP contribution in [0.3, 0.4) is 0 Å². The molecule has 156 valence electrons. The van der Waals surface area contributed by atoms with E-state index in [2.05, 4.69) is 45.8 Å². The summed E-state index contributed by atoms with van der Waals surface area (Å²) < 4.78 is 2.26. The van der Waals surface area contributed by atoms with Gasteiger partial charge < -0.3 is 14.8 Å². The van der Waals surface area contributed by atoms with Gasteiger partial charge in [-0.2, -0.15) is 0 Å². The molecule has 0 unspecified atom stereocenters. The van der Waals surface area contributed by atoms with Crippen molar-refractivity contribution in [3.05, 3.63) is 27.7 Å². The van der Waals surface area contributed by atoms with E-state index in [1.165, 1.54) is 0 Å². The van der Waals surface area contributed by atoms with E-state index >= 15 is 0 Å². The molecule has 1 saturated heterocycles. The molecule has 2 aromatic rings. The van der Waals surface area contributed by atoms with Crippen molar-refractivity contribution in [2.75, 3.05) is 19.6 Å². The highest BCUT2D eigenvalue weighted by Gasteiger charge is 2.30. The third kappa shape index (κ3) is 4.50. The lowest BCUT2D eigenvalue weighted by Gasteiger charge is -2.31. The van der Waals surface area contributed by atoms with Crippen LogP contribution >= 0.6 is 36.2 Å². The molecule has 28 heavy (non-hydrogen) atoms. The number of thiazole rings is 1. The monoisotopic (exact) mass is 446 g/mol. The lowest BCUT2D eigenvalue weighted by Crippen LogP contribution is -2.39. The van der Waals surface area contributed by atoms with Gasteiger partial charge in [0.25, 0.3) is 5.91 Å². The van der Waals surface area contributed by atoms with Gasteiger partial charge in [0.05, 0.1) is 11.6 Å². The van der Waals surface area contributed by atoms with Gasteiger partial charge in [0, 0.05) is 42.9 Å². The minimum atomic E-state index is -0.0161. The highest BCUT2D eigenvalue weighted by atomic mass is 35.5. The Morgan fingerprint density at radius 1 is 1.18 bits per heavy atom. The number of rotatable bonds is 2. The van der Waals surface area contributed by atoms with Gasteiger partial charge in [-0.15, -0.1) is 46.3 Å². The normalized spacial score (nSPS) is 17.5. The summed E-state index contributed by atoms with van der Waals surface area (Å²) >= 11 is 1.58. The first-order chi connectivity index (χ1) is 12.4. The van der Waals surface area contributed by atoms with Crippen molar-refractivity contribution in [3.8, 4) is 0 Å². The van der Waals surface area contributed by atoms with Crippen LogP contribution in [0.5, 0.6) is 0 Å². The summed E-state index contributed by atoms with van der Waals surface area (Å²) in [6.07, 6.45) is 1.88. The predicted molar refractivity (Wildman–Crippen MR) is 115 cm³/mol. The number of nitrogens with one attached hydrogen (secondary N) is 1. The van der Waals surface area contributed by atoms with Gasteiger partial charge in [-0.1, -0.05) is 20.8 Å². The number of carbonyl (C=O) groups excluding carboxylic acids is 1. The quantitative estimate of drug-likeness (QED) is 0.766. The van der Waals surface area contributed by atoms with Gasteiger partial charge in [0.15, 0.2) is 0 Å². The smallest absolute Gasteiger partial charge is 0.273 e. The van der Waals surface area contributed by atoms with Gasteiger partial charge in [-0.25, -0.2) is 4.98 Å². The molecule has 0 aliphatic carbocycles. The number of fused-ring (bicyclic) bond motifs is 1. The summed E-state index contributed by atoms with van der Waals surface area (Å²) in [5, 5.41) is 15.0. The molecule has 4 heterocycles. The third-order valence-corrected chi connectivity index (χ3v) is 6.43. The van der Waals surface area contributed by atoms with E-state index in [0.717, 1.165) is 62.2 Å². The first kappa shape index (κ1) is 23.1. The Labute approximate surface area is 182 Å². The van der Waals surface area contributed by atoms with Crippen molar-refractivity contribution in [2.24, 2.45) is 0 Å². The molecule has 0 saturated carbocycles. The van der Waals surface area contributed by atoms with Crippen LogP contribution in [0.15, 0.2) is 5.38 Å². The standard InChI is InChI=1S/C18H26N6OS.2ClH/c1-18(2,3)17-20-13(11-26-17)16(25)23-7-4-12(5-8-23)15-22-21-14-10-19-6-9-24(14)15;;/h11-12,19H,4-10H2,1-3H3;2*1H. The fourth-order valence-electron chi connectivity index (χ4n) is 3.64. The highest BCUT2D eigenvalue weighted by molar-refractivity contribution is 7.10. The largest absolute Gasteiger partial charge is 0.337 e. The number of likely N-dealkylation sites (tertiary alicyclic amines) is 1. The Morgan fingerprint density at radius 2 is 1.89 bits per heavy atom. The molecular formula is C18H28Cl2N6OS. The summed E-state index contributed by atoms with van der Waals surface area (Å²) in [5.74, 6) is 2.57. The second-order valence-electron chi connectivity index (χ2n) is 8.16. The first-order valence-electron chi connectivity index (χ1n) is 9.31. The van der Waals surface area contributed by atoms with Crippen LogP contribution in [0, 0.1) is 0 Å². The molecule has 0 bridgehead atoms. The maximum absolute atomic E-state index is 12.8. The van der Waals surface area contributed by atoms with E-state index < -0.39 is 0 Å². The van der Waals surface area contributed by atoms with Gasteiger partial charge in [0.2, 0.25) is 0 Å². The second kappa shape index (κ2) is 9.07. The number of hydrogen-bond acceptors (Lipinski definition) is 6. The summed E-state index contributed by atoms with van der Waals surface area (Å²) in [6.45, 7) is 10.6. The molecular weight excluding hydrogens is 419 g/mol. The van der Waals surface area contributed by atoms with Crippen LogP contribution < -0.4 is 5.32 Å². The average Bonchev–Trinajstić information content (AvgIpc) is 3.28. The Bertz CT molecular complexity index is 807. The molecule has 0 spiro atoms. The van der Waals surface area contributed by atoms with E-state index in [1.807, 2.05) is 10.3 Å². The molecule has 10 heteroatoms. The van der Waals surface area contributed by atoms with Gasteiger partial charge >= 0.3 is 0 Å². The first-order valence-corrected chi connectivity index (χ1v) is 10.2. The SMILES string of the molecule is CC(C)(C)c1nc(C(=O)N2CCC(c3nnc4n3CCNC4)CC2)cs1.Cl.Cl. The Balaban J connectivity index is 0.00000140. The van der Waals surface area contributed by atoms with Gasteiger partial charge in [-0.05, 0) is 12.8 Å². The summed E-state index contributed by atoms with van der Waals surface area (Å²) in [6, 6.07) is 0. The molecule has 7 nitrogen and oxygen atoms in total. The predicted octanol–water partition coefficient (Wildman–Crippen LogP) is 3.00. The summed E-state index contributed by atoms with van der Waals surface area (Å²) in [7, 11) is 0. The molecule has 4 rings (SSSR count). The second-order valence-corrected chi connectivity index (χ2v) is 9.02. The zero-order valence-corrected chi connectivity index (χ0v) is 18.9. The number of carbonyl (C=O) groups is 1. The molecule has 1 fully saturated rings. The zero-order valence-electron chi connectivity index (χ0n) is 16.5. The molecule has 2 aromatic heterocycles. The number of nitrogens with zero attached hydrogens (tertiary/aromatic N) is 5. The van der Waals surface area contributed by atoms with Crippen molar-refractivity contribution < 1.29 is 4.79 Å². The van der Waals surface area contributed by atoms with Crippen LogP contribution in [0.25, 0.3) is 0 Å². The van der Waals surface area contributed by atoms with E-state index in [0.29, 0.717) is 11.6 Å². The Hall–Kier alpha value is -1.22. The Morgan fingerprint density at radius 3 is 2.54 bits per heavy atom. The number of piperidine rings is 1. The maximum atomic E-state index is 12.8.